The number of aromatic nitrogens is 3. The molecule has 2 heterocycles. The van der Waals surface area contributed by atoms with Crippen LogP contribution in [0.5, 0.6) is 28.7 Å². The smallest absolute Gasteiger partial charge is 0.203 e. The summed E-state index contributed by atoms with van der Waals surface area (Å²) in [6.45, 7) is 3.90. The maximum atomic E-state index is 9.56. The van der Waals surface area contributed by atoms with Crippen LogP contribution in [-0.2, 0) is 0 Å². The van der Waals surface area contributed by atoms with Crippen molar-refractivity contribution in [2.24, 2.45) is 0 Å². The second kappa shape index (κ2) is 9.77. The van der Waals surface area contributed by atoms with Crippen molar-refractivity contribution in [1.29, 1.82) is 5.26 Å². The first-order valence-corrected chi connectivity index (χ1v) is 10.9. The Kier molecular flexibility index (Phi) is 6.59. The summed E-state index contributed by atoms with van der Waals surface area (Å²) in [5.41, 5.74) is 3.11. The highest BCUT2D eigenvalue weighted by Gasteiger charge is 2.22. The van der Waals surface area contributed by atoms with Gasteiger partial charge >= 0.3 is 0 Å². The van der Waals surface area contributed by atoms with Crippen LogP contribution in [0.25, 0.3) is 16.9 Å². The number of hydrogen-bond donors (Lipinski definition) is 2. The minimum atomic E-state index is -0.0304. The fourth-order valence-corrected chi connectivity index (χ4v) is 3.79. The average Bonchev–Trinajstić information content (AvgIpc) is 3.42. The number of H-pyrrole nitrogens is 1. The number of hydrogen-bond acceptors (Lipinski definition) is 8. The molecule has 2 aromatic heterocycles. The lowest BCUT2D eigenvalue weighted by Gasteiger charge is -2.16. The van der Waals surface area contributed by atoms with Crippen LogP contribution in [0.2, 0.25) is 0 Å². The first-order valence-electron chi connectivity index (χ1n) is 10.9. The average molecular weight is 478 g/mol. The van der Waals surface area contributed by atoms with E-state index < -0.39 is 0 Å². The van der Waals surface area contributed by atoms with Gasteiger partial charge in [-0.05, 0) is 38.1 Å². The van der Waals surface area contributed by atoms with Crippen molar-refractivity contribution < 1.29 is 23.7 Å². The van der Waals surface area contributed by atoms with Crippen LogP contribution < -0.4 is 29.0 Å². The van der Waals surface area contributed by atoms with E-state index in [9.17, 15) is 5.26 Å². The van der Waals surface area contributed by atoms with Gasteiger partial charge in [0, 0.05) is 17.3 Å². The van der Waals surface area contributed by atoms with E-state index in [-0.39, 0.29) is 6.10 Å². The number of anilines is 2. The van der Waals surface area contributed by atoms with Gasteiger partial charge in [0.15, 0.2) is 34.5 Å². The van der Waals surface area contributed by atoms with E-state index in [4.69, 9.17) is 23.7 Å². The van der Waals surface area contributed by atoms with Crippen molar-refractivity contribution in [1.82, 2.24) is 14.6 Å². The van der Waals surface area contributed by atoms with Crippen LogP contribution in [-0.4, -0.2) is 49.1 Å². The van der Waals surface area contributed by atoms with Gasteiger partial charge in [-0.1, -0.05) is 0 Å². The molecule has 0 radical (unpaired) electrons. The summed E-state index contributed by atoms with van der Waals surface area (Å²) in [5.74, 6) is 3.31. The normalized spacial score (nSPS) is 10.8. The molecule has 182 valence electrons. The Bertz CT molecular complexity index is 1370. The molecular formula is C25H27N5O5. The van der Waals surface area contributed by atoms with Gasteiger partial charge in [-0.25, -0.2) is 0 Å². The molecule has 0 amide bonds. The van der Waals surface area contributed by atoms with Crippen molar-refractivity contribution in [3.05, 3.63) is 42.1 Å². The predicted molar refractivity (Wildman–Crippen MR) is 131 cm³/mol. The molecule has 10 nitrogen and oxygen atoms in total. The van der Waals surface area contributed by atoms with Crippen molar-refractivity contribution in [3.63, 3.8) is 0 Å². The number of ether oxygens (including phenoxy) is 5. The quantitative estimate of drug-likeness (QED) is 0.354. The summed E-state index contributed by atoms with van der Waals surface area (Å²) in [6, 6.07) is 11.4. The molecule has 35 heavy (non-hydrogen) atoms. The standard InChI is InChI=1S/C25H27N5O5/c1-14(2)35-19-11-17(7-8-18(19)31-3)28-25-22(29-24-16(12-26)13-27-30(24)25)15-9-20(32-4)23(34-6)21(10-15)33-5/h7-11,13-14,28-29H,1-6H3. The van der Waals surface area contributed by atoms with E-state index in [2.05, 4.69) is 21.5 Å². The highest BCUT2D eigenvalue weighted by molar-refractivity contribution is 5.83. The fourth-order valence-electron chi connectivity index (χ4n) is 3.79. The molecule has 0 bridgehead atoms. The highest BCUT2D eigenvalue weighted by Crippen LogP contribution is 2.43. The number of rotatable bonds is 9. The Labute approximate surface area is 202 Å². The molecule has 0 aliphatic rings. The molecule has 0 atom stereocenters. The van der Waals surface area contributed by atoms with Crippen LogP contribution in [0.1, 0.15) is 19.4 Å². The van der Waals surface area contributed by atoms with Crippen LogP contribution in [0.15, 0.2) is 36.5 Å². The lowest BCUT2D eigenvalue weighted by Crippen LogP contribution is -2.07. The molecule has 0 spiro atoms. The molecular weight excluding hydrogens is 450 g/mol. The second-order valence-corrected chi connectivity index (χ2v) is 7.85. The molecule has 0 aliphatic heterocycles. The monoisotopic (exact) mass is 477 g/mol. The van der Waals surface area contributed by atoms with Gasteiger partial charge in [0.2, 0.25) is 5.75 Å². The van der Waals surface area contributed by atoms with E-state index in [0.717, 1.165) is 11.3 Å². The molecule has 0 aliphatic carbocycles. The van der Waals surface area contributed by atoms with Gasteiger partial charge in [-0.2, -0.15) is 14.9 Å². The largest absolute Gasteiger partial charge is 0.493 e. The van der Waals surface area contributed by atoms with Crippen molar-refractivity contribution in [2.75, 3.05) is 33.8 Å². The van der Waals surface area contributed by atoms with E-state index >= 15 is 0 Å². The van der Waals surface area contributed by atoms with Crippen LogP contribution >= 0.6 is 0 Å². The highest BCUT2D eigenvalue weighted by atomic mass is 16.5. The molecule has 0 saturated carbocycles. The van der Waals surface area contributed by atoms with Crippen LogP contribution in [0.4, 0.5) is 11.5 Å². The Balaban J connectivity index is 1.89. The Morgan fingerprint density at radius 1 is 0.943 bits per heavy atom. The summed E-state index contributed by atoms with van der Waals surface area (Å²) in [6.07, 6.45) is 1.48. The van der Waals surface area contributed by atoms with Crippen molar-refractivity contribution in [3.8, 4) is 46.1 Å². The van der Waals surface area contributed by atoms with E-state index in [1.165, 1.54) is 6.20 Å². The SMILES string of the molecule is COc1ccc(Nc2c(-c3cc(OC)c(OC)c(OC)c3)[nH]c3c(C#N)cnn23)cc1OC(C)C. The third-order valence-electron chi connectivity index (χ3n) is 5.32. The topological polar surface area (TPSA) is 115 Å². The summed E-state index contributed by atoms with van der Waals surface area (Å²) >= 11 is 0. The van der Waals surface area contributed by atoms with Gasteiger partial charge in [0.25, 0.3) is 0 Å². The van der Waals surface area contributed by atoms with Gasteiger partial charge in [0.05, 0.1) is 46.4 Å². The number of fused-ring (bicyclic) bond motifs is 1. The number of nitriles is 1. The zero-order valence-electron chi connectivity index (χ0n) is 20.4. The van der Waals surface area contributed by atoms with Gasteiger partial charge in [0.1, 0.15) is 11.6 Å². The Hall–Kier alpha value is -4.52. The number of methoxy groups -OCH3 is 4. The molecule has 2 N–H and O–H groups in total. The second-order valence-electron chi connectivity index (χ2n) is 7.85. The van der Waals surface area contributed by atoms with E-state index in [0.29, 0.717) is 51.5 Å². The van der Waals surface area contributed by atoms with Gasteiger partial charge in [-0.15, -0.1) is 0 Å². The Morgan fingerprint density at radius 2 is 1.63 bits per heavy atom. The summed E-state index contributed by atoms with van der Waals surface area (Å²) in [7, 11) is 6.27. The molecule has 2 aromatic carbocycles. The fraction of sp³-hybridized carbons (Fsp3) is 0.280. The van der Waals surface area contributed by atoms with Gasteiger partial charge < -0.3 is 34.0 Å². The van der Waals surface area contributed by atoms with Crippen LogP contribution in [0.3, 0.4) is 0 Å². The van der Waals surface area contributed by atoms with E-state index in [1.807, 2.05) is 44.2 Å². The lowest BCUT2D eigenvalue weighted by atomic mass is 10.1. The molecule has 0 saturated heterocycles. The number of imidazole rings is 1. The number of benzene rings is 2. The minimum Gasteiger partial charge on any atom is -0.493 e. The zero-order valence-corrected chi connectivity index (χ0v) is 20.4. The maximum absolute atomic E-state index is 9.56. The molecule has 4 rings (SSSR count). The lowest BCUT2D eigenvalue weighted by molar-refractivity contribution is 0.230. The third-order valence-corrected chi connectivity index (χ3v) is 5.32. The third kappa shape index (κ3) is 4.36. The van der Waals surface area contributed by atoms with E-state index in [1.54, 1.807) is 33.0 Å². The molecule has 10 heteroatoms. The first-order chi connectivity index (χ1) is 16.9. The van der Waals surface area contributed by atoms with Crippen LogP contribution in [0, 0.1) is 11.3 Å². The van der Waals surface area contributed by atoms with Crippen molar-refractivity contribution >= 4 is 17.2 Å². The van der Waals surface area contributed by atoms with Gasteiger partial charge in [-0.3, -0.25) is 0 Å². The molecule has 0 fully saturated rings. The van der Waals surface area contributed by atoms with Crippen molar-refractivity contribution in [2.45, 2.75) is 20.0 Å². The molecule has 4 aromatic rings. The zero-order chi connectivity index (χ0) is 25.1. The predicted octanol–water partition coefficient (Wildman–Crippen LogP) is 4.77. The Morgan fingerprint density at radius 3 is 2.20 bits per heavy atom. The summed E-state index contributed by atoms with van der Waals surface area (Å²) in [5, 5.41) is 17.4. The maximum Gasteiger partial charge on any atom is 0.203 e. The number of nitrogens with zero attached hydrogens (tertiary/aromatic N) is 3. The first kappa shape index (κ1) is 23.6. The molecule has 0 unspecified atom stereocenters. The number of nitrogens with one attached hydrogen (secondary N) is 2. The minimum absolute atomic E-state index is 0.0304. The summed E-state index contributed by atoms with van der Waals surface area (Å²) < 4.78 is 29.5. The summed E-state index contributed by atoms with van der Waals surface area (Å²) in [4.78, 5) is 3.32. The number of aromatic amines is 1.